The van der Waals surface area contributed by atoms with Crippen LogP contribution in [0.2, 0.25) is 0 Å². The SMILES string of the molecule is CCC1(CNC(=O)c2cc(OC)ccc2O)CC1. The molecule has 0 atom stereocenters. The Balaban J connectivity index is 2.04. The monoisotopic (exact) mass is 249 g/mol. The van der Waals surface area contributed by atoms with E-state index in [-0.39, 0.29) is 17.2 Å². The fraction of sp³-hybridized carbons (Fsp3) is 0.500. The van der Waals surface area contributed by atoms with Crippen LogP contribution in [-0.2, 0) is 0 Å². The van der Waals surface area contributed by atoms with Crippen LogP contribution in [0.5, 0.6) is 11.5 Å². The van der Waals surface area contributed by atoms with Crippen LogP contribution in [0.1, 0.15) is 36.5 Å². The minimum Gasteiger partial charge on any atom is -0.507 e. The van der Waals surface area contributed by atoms with Crippen molar-refractivity contribution in [2.24, 2.45) is 5.41 Å². The summed E-state index contributed by atoms with van der Waals surface area (Å²) in [6.45, 7) is 2.82. The molecular formula is C14H19NO3. The normalized spacial score (nSPS) is 16.1. The Kier molecular flexibility index (Phi) is 3.45. The fourth-order valence-electron chi connectivity index (χ4n) is 2.02. The Hall–Kier alpha value is -1.71. The van der Waals surface area contributed by atoms with Gasteiger partial charge in [-0.15, -0.1) is 0 Å². The van der Waals surface area contributed by atoms with Gasteiger partial charge in [0.15, 0.2) is 0 Å². The van der Waals surface area contributed by atoms with Gasteiger partial charge in [-0.25, -0.2) is 0 Å². The summed E-state index contributed by atoms with van der Waals surface area (Å²) in [5.41, 5.74) is 0.561. The number of carbonyl (C=O) groups excluding carboxylic acids is 1. The van der Waals surface area contributed by atoms with Gasteiger partial charge >= 0.3 is 0 Å². The van der Waals surface area contributed by atoms with E-state index in [1.807, 2.05) is 0 Å². The number of amides is 1. The molecule has 1 fully saturated rings. The average Bonchev–Trinajstić information content (AvgIpc) is 3.17. The third kappa shape index (κ3) is 2.58. The zero-order chi connectivity index (χ0) is 13.2. The van der Waals surface area contributed by atoms with Gasteiger partial charge in [0, 0.05) is 6.54 Å². The largest absolute Gasteiger partial charge is 0.507 e. The first-order valence-electron chi connectivity index (χ1n) is 6.25. The summed E-state index contributed by atoms with van der Waals surface area (Å²) in [7, 11) is 1.53. The lowest BCUT2D eigenvalue weighted by Gasteiger charge is -2.14. The van der Waals surface area contributed by atoms with Crippen LogP contribution in [0.15, 0.2) is 18.2 Å². The maximum absolute atomic E-state index is 12.0. The summed E-state index contributed by atoms with van der Waals surface area (Å²) in [6.07, 6.45) is 3.43. The predicted molar refractivity (Wildman–Crippen MR) is 69.0 cm³/mol. The average molecular weight is 249 g/mol. The van der Waals surface area contributed by atoms with Crippen molar-refractivity contribution in [2.45, 2.75) is 26.2 Å². The lowest BCUT2D eigenvalue weighted by atomic mass is 10.0. The summed E-state index contributed by atoms with van der Waals surface area (Å²) < 4.78 is 5.05. The van der Waals surface area contributed by atoms with Crippen molar-refractivity contribution >= 4 is 5.91 Å². The lowest BCUT2D eigenvalue weighted by Crippen LogP contribution is -2.30. The molecule has 4 heteroatoms. The molecule has 0 heterocycles. The van der Waals surface area contributed by atoms with E-state index in [9.17, 15) is 9.90 Å². The Morgan fingerprint density at radius 2 is 2.22 bits per heavy atom. The molecule has 0 saturated heterocycles. The molecule has 1 saturated carbocycles. The second-order valence-electron chi connectivity index (χ2n) is 4.92. The molecule has 0 aromatic heterocycles. The van der Waals surface area contributed by atoms with Crippen molar-refractivity contribution in [3.8, 4) is 11.5 Å². The third-order valence-corrected chi connectivity index (χ3v) is 3.78. The first kappa shape index (κ1) is 12.7. The zero-order valence-corrected chi connectivity index (χ0v) is 10.8. The Bertz CT molecular complexity index is 452. The summed E-state index contributed by atoms with van der Waals surface area (Å²) in [6, 6.07) is 4.65. The first-order chi connectivity index (χ1) is 8.60. The van der Waals surface area contributed by atoms with Gasteiger partial charge in [-0.1, -0.05) is 6.92 Å². The fourth-order valence-corrected chi connectivity index (χ4v) is 2.02. The molecule has 1 aromatic rings. The predicted octanol–water partition coefficient (Wildman–Crippen LogP) is 2.32. The standard InChI is InChI=1S/C14H19NO3/c1-3-14(6-7-14)9-15-13(17)11-8-10(18-2)4-5-12(11)16/h4-5,8,16H,3,6-7,9H2,1-2H3,(H,15,17). The van der Waals surface area contributed by atoms with Crippen LogP contribution < -0.4 is 10.1 Å². The Morgan fingerprint density at radius 1 is 1.50 bits per heavy atom. The summed E-state index contributed by atoms with van der Waals surface area (Å²) in [5, 5.41) is 12.6. The van der Waals surface area contributed by atoms with Crippen LogP contribution in [0.3, 0.4) is 0 Å². The molecule has 18 heavy (non-hydrogen) atoms. The quantitative estimate of drug-likeness (QED) is 0.842. The maximum atomic E-state index is 12.0. The van der Waals surface area contributed by atoms with Gasteiger partial charge in [0.2, 0.25) is 0 Å². The molecule has 1 aliphatic rings. The van der Waals surface area contributed by atoms with Gasteiger partial charge in [0.25, 0.3) is 5.91 Å². The van der Waals surface area contributed by atoms with Gasteiger partial charge in [-0.05, 0) is 42.9 Å². The van der Waals surface area contributed by atoms with Crippen LogP contribution in [0, 0.1) is 5.41 Å². The summed E-state index contributed by atoms with van der Waals surface area (Å²) >= 11 is 0. The molecule has 1 aromatic carbocycles. The number of carbonyl (C=O) groups is 1. The molecular weight excluding hydrogens is 230 g/mol. The smallest absolute Gasteiger partial charge is 0.255 e. The number of phenolic OH excluding ortho intramolecular Hbond substituents is 1. The molecule has 0 radical (unpaired) electrons. The summed E-state index contributed by atoms with van der Waals surface area (Å²) in [5.74, 6) is 0.301. The van der Waals surface area contributed by atoms with Crippen molar-refractivity contribution < 1.29 is 14.6 Å². The number of hydrogen-bond donors (Lipinski definition) is 2. The second-order valence-corrected chi connectivity index (χ2v) is 4.92. The Morgan fingerprint density at radius 3 is 2.78 bits per heavy atom. The van der Waals surface area contributed by atoms with Crippen molar-refractivity contribution in [2.75, 3.05) is 13.7 Å². The number of benzene rings is 1. The van der Waals surface area contributed by atoms with Crippen molar-refractivity contribution in [1.29, 1.82) is 0 Å². The number of rotatable bonds is 5. The topological polar surface area (TPSA) is 58.6 Å². The number of methoxy groups -OCH3 is 1. The van der Waals surface area contributed by atoms with Crippen LogP contribution in [-0.4, -0.2) is 24.7 Å². The third-order valence-electron chi connectivity index (χ3n) is 3.78. The highest BCUT2D eigenvalue weighted by Gasteiger charge is 2.40. The van der Waals surface area contributed by atoms with Gasteiger partial charge < -0.3 is 15.2 Å². The number of phenols is 1. The highest BCUT2D eigenvalue weighted by molar-refractivity contribution is 5.97. The van der Waals surface area contributed by atoms with E-state index in [1.54, 1.807) is 12.1 Å². The van der Waals surface area contributed by atoms with Crippen LogP contribution in [0.25, 0.3) is 0 Å². The maximum Gasteiger partial charge on any atom is 0.255 e. The molecule has 2 N–H and O–H groups in total. The molecule has 4 nitrogen and oxygen atoms in total. The first-order valence-corrected chi connectivity index (χ1v) is 6.25. The van der Waals surface area contributed by atoms with E-state index in [0.29, 0.717) is 17.7 Å². The highest BCUT2D eigenvalue weighted by atomic mass is 16.5. The molecule has 0 spiro atoms. The van der Waals surface area contributed by atoms with Gasteiger partial charge in [-0.3, -0.25) is 4.79 Å². The second kappa shape index (κ2) is 4.88. The molecule has 1 amide bonds. The molecule has 98 valence electrons. The Labute approximate surface area is 107 Å². The van der Waals surface area contributed by atoms with Gasteiger partial charge in [0.1, 0.15) is 11.5 Å². The molecule has 0 bridgehead atoms. The molecule has 0 aliphatic heterocycles. The van der Waals surface area contributed by atoms with Gasteiger partial charge in [0.05, 0.1) is 12.7 Å². The zero-order valence-electron chi connectivity index (χ0n) is 10.8. The van der Waals surface area contributed by atoms with E-state index >= 15 is 0 Å². The minimum absolute atomic E-state index is 0.0188. The number of hydrogen-bond acceptors (Lipinski definition) is 3. The van der Waals surface area contributed by atoms with Crippen molar-refractivity contribution in [3.05, 3.63) is 23.8 Å². The van der Waals surface area contributed by atoms with Crippen LogP contribution >= 0.6 is 0 Å². The van der Waals surface area contributed by atoms with E-state index in [0.717, 1.165) is 6.42 Å². The molecule has 2 rings (SSSR count). The van der Waals surface area contributed by atoms with E-state index < -0.39 is 0 Å². The minimum atomic E-state index is -0.244. The van der Waals surface area contributed by atoms with Crippen molar-refractivity contribution in [1.82, 2.24) is 5.32 Å². The number of aromatic hydroxyl groups is 1. The van der Waals surface area contributed by atoms with E-state index in [1.165, 1.54) is 26.0 Å². The van der Waals surface area contributed by atoms with Crippen LogP contribution in [0.4, 0.5) is 0 Å². The summed E-state index contributed by atoms with van der Waals surface area (Å²) in [4.78, 5) is 12.0. The molecule has 1 aliphatic carbocycles. The molecule has 0 unspecified atom stereocenters. The number of nitrogens with one attached hydrogen (secondary N) is 1. The van der Waals surface area contributed by atoms with Crippen molar-refractivity contribution in [3.63, 3.8) is 0 Å². The van der Waals surface area contributed by atoms with Gasteiger partial charge in [-0.2, -0.15) is 0 Å². The van der Waals surface area contributed by atoms with E-state index in [4.69, 9.17) is 4.74 Å². The lowest BCUT2D eigenvalue weighted by molar-refractivity contribution is 0.0941. The van der Waals surface area contributed by atoms with E-state index in [2.05, 4.69) is 12.2 Å². The highest BCUT2D eigenvalue weighted by Crippen LogP contribution is 2.47. The number of ether oxygens (including phenoxy) is 1.